The van der Waals surface area contributed by atoms with Gasteiger partial charge in [0.25, 0.3) is 11.8 Å². The van der Waals surface area contributed by atoms with Crippen molar-refractivity contribution < 1.29 is 23.8 Å². The Balaban J connectivity index is 2.27. The van der Waals surface area contributed by atoms with Gasteiger partial charge in [-0.1, -0.05) is 12.1 Å². The van der Waals surface area contributed by atoms with E-state index in [1.54, 1.807) is 11.9 Å². The SMILES string of the molecule is CC(C)OCCCN1C(=O)C(c2ccc(F)cc2)=C(N(C)CCO)C1=O. The lowest BCUT2D eigenvalue weighted by atomic mass is 10.0. The van der Waals surface area contributed by atoms with E-state index in [-0.39, 0.29) is 37.1 Å². The minimum absolute atomic E-state index is 0.0825. The monoisotopic (exact) mass is 364 g/mol. The molecule has 26 heavy (non-hydrogen) atoms. The zero-order valence-corrected chi connectivity index (χ0v) is 15.4. The third kappa shape index (κ3) is 4.47. The molecule has 0 saturated heterocycles. The molecule has 0 fully saturated rings. The van der Waals surface area contributed by atoms with Gasteiger partial charge in [0.1, 0.15) is 11.5 Å². The van der Waals surface area contributed by atoms with Gasteiger partial charge in [-0.2, -0.15) is 0 Å². The largest absolute Gasteiger partial charge is 0.395 e. The molecule has 2 amide bonds. The summed E-state index contributed by atoms with van der Waals surface area (Å²) in [5.41, 5.74) is 0.932. The van der Waals surface area contributed by atoms with Crippen LogP contribution in [0.1, 0.15) is 25.8 Å². The van der Waals surface area contributed by atoms with Crippen LogP contribution in [0.15, 0.2) is 30.0 Å². The summed E-state index contributed by atoms with van der Waals surface area (Å²) in [6.45, 7) is 4.59. The number of hydrogen-bond acceptors (Lipinski definition) is 5. The second kappa shape index (κ2) is 8.91. The molecule has 1 aliphatic heterocycles. The van der Waals surface area contributed by atoms with Crippen LogP contribution in [0.4, 0.5) is 4.39 Å². The number of rotatable bonds is 9. The molecule has 1 N–H and O–H groups in total. The molecule has 1 aromatic rings. The number of halogens is 1. The van der Waals surface area contributed by atoms with Crippen molar-refractivity contribution in [3.63, 3.8) is 0 Å². The maximum atomic E-state index is 13.2. The first-order valence-corrected chi connectivity index (χ1v) is 8.66. The summed E-state index contributed by atoms with van der Waals surface area (Å²) >= 11 is 0. The van der Waals surface area contributed by atoms with Gasteiger partial charge in [0, 0.05) is 26.7 Å². The molecule has 0 aliphatic carbocycles. The number of imide groups is 1. The molecular formula is C19H25FN2O4. The highest BCUT2D eigenvalue weighted by Gasteiger charge is 2.40. The van der Waals surface area contributed by atoms with E-state index in [0.717, 1.165) is 0 Å². The van der Waals surface area contributed by atoms with Gasteiger partial charge in [-0.25, -0.2) is 4.39 Å². The standard InChI is InChI=1S/C19H25FN2O4/c1-13(2)26-12-4-9-22-18(24)16(14-5-7-15(20)8-6-14)17(19(22)25)21(3)10-11-23/h5-8,13,23H,4,9-12H2,1-3H3. The number of aliphatic hydroxyl groups excluding tert-OH is 1. The number of benzene rings is 1. The average Bonchev–Trinajstić information content (AvgIpc) is 2.83. The van der Waals surface area contributed by atoms with Crippen molar-refractivity contribution in [2.45, 2.75) is 26.4 Å². The van der Waals surface area contributed by atoms with Crippen LogP contribution in [0.2, 0.25) is 0 Å². The van der Waals surface area contributed by atoms with Crippen molar-refractivity contribution >= 4 is 17.4 Å². The summed E-state index contributed by atoms with van der Waals surface area (Å²) in [6, 6.07) is 5.47. The van der Waals surface area contributed by atoms with Crippen LogP contribution in [-0.4, -0.2) is 66.2 Å². The Hall–Kier alpha value is -2.25. The van der Waals surface area contributed by atoms with E-state index >= 15 is 0 Å². The van der Waals surface area contributed by atoms with Crippen molar-refractivity contribution in [1.82, 2.24) is 9.80 Å². The van der Waals surface area contributed by atoms with Crippen molar-refractivity contribution in [3.8, 4) is 0 Å². The zero-order valence-electron chi connectivity index (χ0n) is 15.4. The molecule has 0 unspecified atom stereocenters. The minimum atomic E-state index is -0.418. The topological polar surface area (TPSA) is 70.1 Å². The van der Waals surface area contributed by atoms with E-state index in [1.807, 2.05) is 13.8 Å². The second-order valence-corrected chi connectivity index (χ2v) is 6.41. The predicted octanol–water partition coefficient (Wildman–Crippen LogP) is 1.64. The second-order valence-electron chi connectivity index (χ2n) is 6.41. The highest BCUT2D eigenvalue weighted by Crippen LogP contribution is 2.31. The van der Waals surface area contributed by atoms with E-state index in [4.69, 9.17) is 4.74 Å². The third-order valence-electron chi connectivity index (χ3n) is 4.07. The minimum Gasteiger partial charge on any atom is -0.395 e. The highest BCUT2D eigenvalue weighted by molar-refractivity contribution is 6.35. The molecule has 0 saturated carbocycles. The number of aliphatic hydroxyl groups is 1. The van der Waals surface area contributed by atoms with E-state index in [1.165, 1.54) is 29.2 Å². The first-order chi connectivity index (χ1) is 12.4. The first-order valence-electron chi connectivity index (χ1n) is 8.66. The fourth-order valence-electron chi connectivity index (χ4n) is 2.80. The highest BCUT2D eigenvalue weighted by atomic mass is 19.1. The lowest BCUT2D eigenvalue weighted by Crippen LogP contribution is -2.36. The van der Waals surface area contributed by atoms with Gasteiger partial charge in [0.05, 0.1) is 18.3 Å². The molecule has 7 heteroatoms. The molecule has 0 spiro atoms. The van der Waals surface area contributed by atoms with Gasteiger partial charge in [-0.05, 0) is 38.0 Å². The number of carbonyl (C=O) groups excluding carboxylic acids is 2. The van der Waals surface area contributed by atoms with Gasteiger partial charge in [-0.3, -0.25) is 14.5 Å². The molecule has 1 aromatic carbocycles. The van der Waals surface area contributed by atoms with Crippen LogP contribution >= 0.6 is 0 Å². The van der Waals surface area contributed by atoms with Gasteiger partial charge in [0.15, 0.2) is 0 Å². The number of likely N-dealkylation sites (N-methyl/N-ethyl adjacent to an activating group) is 1. The third-order valence-corrected chi connectivity index (χ3v) is 4.07. The summed E-state index contributed by atoms with van der Waals surface area (Å²) in [6.07, 6.45) is 0.614. The summed E-state index contributed by atoms with van der Waals surface area (Å²) in [4.78, 5) is 28.4. The lowest BCUT2D eigenvalue weighted by Gasteiger charge is -2.20. The van der Waals surface area contributed by atoms with Crippen LogP contribution in [0.25, 0.3) is 5.57 Å². The number of ether oxygens (including phenoxy) is 1. The Bertz CT molecular complexity index is 685. The zero-order chi connectivity index (χ0) is 19.3. The summed E-state index contributed by atoms with van der Waals surface area (Å²) in [5, 5.41) is 9.19. The average molecular weight is 364 g/mol. The van der Waals surface area contributed by atoms with E-state index in [2.05, 4.69) is 0 Å². The van der Waals surface area contributed by atoms with Gasteiger partial charge >= 0.3 is 0 Å². The summed E-state index contributed by atoms with van der Waals surface area (Å²) < 4.78 is 18.7. The van der Waals surface area contributed by atoms with Gasteiger partial charge in [-0.15, -0.1) is 0 Å². The number of hydrogen-bond donors (Lipinski definition) is 1. The van der Waals surface area contributed by atoms with Crippen molar-refractivity contribution in [1.29, 1.82) is 0 Å². The van der Waals surface area contributed by atoms with Crippen LogP contribution in [-0.2, 0) is 14.3 Å². The molecule has 142 valence electrons. The van der Waals surface area contributed by atoms with Crippen molar-refractivity contribution in [3.05, 3.63) is 41.3 Å². The molecular weight excluding hydrogens is 339 g/mol. The lowest BCUT2D eigenvalue weighted by molar-refractivity contribution is -0.137. The maximum Gasteiger partial charge on any atom is 0.277 e. The molecule has 0 radical (unpaired) electrons. The predicted molar refractivity (Wildman–Crippen MR) is 95.5 cm³/mol. The van der Waals surface area contributed by atoms with Crippen LogP contribution in [0.3, 0.4) is 0 Å². The number of amides is 2. The smallest absolute Gasteiger partial charge is 0.277 e. The van der Waals surface area contributed by atoms with Crippen LogP contribution in [0, 0.1) is 5.82 Å². The van der Waals surface area contributed by atoms with Gasteiger partial charge in [0.2, 0.25) is 0 Å². The normalized spacial score (nSPS) is 14.8. The Morgan fingerprint density at radius 3 is 2.42 bits per heavy atom. The van der Waals surface area contributed by atoms with Crippen molar-refractivity contribution in [2.24, 2.45) is 0 Å². The van der Waals surface area contributed by atoms with E-state index in [0.29, 0.717) is 18.6 Å². The maximum absolute atomic E-state index is 13.2. The van der Waals surface area contributed by atoms with Crippen molar-refractivity contribution in [2.75, 3.05) is 33.4 Å². The summed E-state index contributed by atoms with van der Waals surface area (Å²) in [7, 11) is 1.64. The Morgan fingerprint density at radius 2 is 1.85 bits per heavy atom. The quantitative estimate of drug-likeness (QED) is 0.533. The Kier molecular flexibility index (Phi) is 6.88. The Labute approximate surface area is 152 Å². The molecule has 0 bridgehead atoms. The molecule has 0 atom stereocenters. The fraction of sp³-hybridized carbons (Fsp3) is 0.474. The Morgan fingerprint density at radius 1 is 1.19 bits per heavy atom. The molecule has 1 aliphatic rings. The van der Waals surface area contributed by atoms with E-state index < -0.39 is 17.6 Å². The number of nitrogens with zero attached hydrogens (tertiary/aromatic N) is 2. The molecule has 6 nitrogen and oxygen atoms in total. The molecule has 2 rings (SSSR count). The molecule has 1 heterocycles. The fourth-order valence-corrected chi connectivity index (χ4v) is 2.80. The van der Waals surface area contributed by atoms with Gasteiger partial charge < -0.3 is 14.7 Å². The summed E-state index contributed by atoms with van der Waals surface area (Å²) in [5.74, 6) is -1.24. The van der Waals surface area contributed by atoms with Crippen LogP contribution < -0.4 is 0 Å². The first kappa shape index (κ1) is 20.1. The molecule has 0 aromatic heterocycles. The van der Waals surface area contributed by atoms with E-state index in [9.17, 15) is 19.1 Å². The number of carbonyl (C=O) groups is 2. The van der Waals surface area contributed by atoms with Crippen LogP contribution in [0.5, 0.6) is 0 Å².